The van der Waals surface area contributed by atoms with Gasteiger partial charge in [-0.15, -0.1) is 0 Å². The molecule has 6 heteroatoms. The Morgan fingerprint density at radius 1 is 1.04 bits per heavy atom. The fourth-order valence-corrected chi connectivity index (χ4v) is 4.99. The predicted octanol–water partition coefficient (Wildman–Crippen LogP) is 2.86. The van der Waals surface area contributed by atoms with E-state index in [0.717, 1.165) is 36.0 Å². The molecule has 1 aromatic heterocycles. The number of fused-ring (bicyclic) bond motifs is 2. The van der Waals surface area contributed by atoms with Gasteiger partial charge < -0.3 is 10.3 Å². The van der Waals surface area contributed by atoms with E-state index in [1.807, 2.05) is 18.2 Å². The highest BCUT2D eigenvalue weighted by atomic mass is 32.2. The first-order chi connectivity index (χ1) is 12.0. The van der Waals surface area contributed by atoms with Crippen molar-refractivity contribution < 1.29 is 8.42 Å². The van der Waals surface area contributed by atoms with E-state index < -0.39 is 9.84 Å². The molecule has 2 aromatic carbocycles. The first-order valence-electron chi connectivity index (χ1n) is 8.24. The Bertz CT molecular complexity index is 1120. The quantitative estimate of drug-likeness (QED) is 0.758. The summed E-state index contributed by atoms with van der Waals surface area (Å²) in [7, 11) is -3.55. The smallest absolute Gasteiger partial charge is 0.256 e. The zero-order valence-corrected chi connectivity index (χ0v) is 14.4. The second-order valence-corrected chi connectivity index (χ2v) is 8.24. The van der Waals surface area contributed by atoms with Gasteiger partial charge in [-0.25, -0.2) is 8.42 Å². The lowest BCUT2D eigenvalue weighted by Gasteiger charge is -2.20. The van der Waals surface area contributed by atoms with Gasteiger partial charge in [-0.1, -0.05) is 24.3 Å². The fourth-order valence-electron chi connectivity index (χ4n) is 3.40. The highest BCUT2D eigenvalue weighted by molar-refractivity contribution is 7.90. The third kappa shape index (κ3) is 2.93. The Morgan fingerprint density at radius 2 is 1.88 bits per heavy atom. The molecule has 2 N–H and O–H groups in total. The van der Waals surface area contributed by atoms with E-state index in [1.54, 1.807) is 30.3 Å². The van der Waals surface area contributed by atoms with Gasteiger partial charge in [0.05, 0.1) is 10.6 Å². The molecule has 0 bridgehead atoms. The SMILES string of the molecule is O=c1[nH]c(CS(=O)(=O)c2cccc3c2CCCN3)cc2ccccc12. The van der Waals surface area contributed by atoms with Crippen LogP contribution in [0.15, 0.2) is 58.2 Å². The molecule has 25 heavy (non-hydrogen) atoms. The standard InChI is InChI=1S/C19H18N2O3S/c22-19-15-6-2-1-5-13(15)11-14(21-19)12-25(23,24)18-9-3-8-17-16(18)7-4-10-20-17/h1-3,5-6,8-9,11,20H,4,7,10,12H2,(H,21,22). The first-order valence-corrected chi connectivity index (χ1v) is 9.89. The van der Waals surface area contributed by atoms with Gasteiger partial charge in [-0.3, -0.25) is 4.79 Å². The van der Waals surface area contributed by atoms with E-state index in [-0.39, 0.29) is 11.3 Å². The van der Waals surface area contributed by atoms with Gasteiger partial charge in [0.25, 0.3) is 5.56 Å². The van der Waals surface area contributed by atoms with Crippen molar-refractivity contribution in [3.63, 3.8) is 0 Å². The second kappa shape index (κ2) is 6.04. The summed E-state index contributed by atoms with van der Waals surface area (Å²) in [4.78, 5) is 15.3. The number of hydrogen-bond donors (Lipinski definition) is 2. The van der Waals surface area contributed by atoms with Gasteiger partial charge in [0.2, 0.25) is 0 Å². The van der Waals surface area contributed by atoms with Crippen LogP contribution in [0, 0.1) is 0 Å². The minimum absolute atomic E-state index is 0.219. The van der Waals surface area contributed by atoms with E-state index in [9.17, 15) is 13.2 Å². The van der Waals surface area contributed by atoms with Crippen molar-refractivity contribution in [1.29, 1.82) is 0 Å². The molecule has 0 radical (unpaired) electrons. The van der Waals surface area contributed by atoms with Gasteiger partial charge in [0.15, 0.2) is 9.84 Å². The number of aromatic nitrogens is 1. The van der Waals surface area contributed by atoms with Crippen molar-refractivity contribution in [2.75, 3.05) is 11.9 Å². The minimum Gasteiger partial charge on any atom is -0.385 e. The van der Waals surface area contributed by atoms with Crippen LogP contribution in [0.2, 0.25) is 0 Å². The number of anilines is 1. The van der Waals surface area contributed by atoms with Crippen LogP contribution in [0.3, 0.4) is 0 Å². The second-order valence-electron chi connectivity index (χ2n) is 6.28. The fraction of sp³-hybridized carbons (Fsp3) is 0.211. The van der Waals surface area contributed by atoms with Crippen LogP contribution >= 0.6 is 0 Å². The van der Waals surface area contributed by atoms with E-state index in [2.05, 4.69) is 10.3 Å². The van der Waals surface area contributed by atoms with Crippen LogP contribution in [-0.2, 0) is 22.0 Å². The summed E-state index contributed by atoms with van der Waals surface area (Å²) in [6.45, 7) is 0.856. The lowest BCUT2D eigenvalue weighted by atomic mass is 10.0. The normalized spacial score (nSPS) is 14.1. The van der Waals surface area contributed by atoms with Gasteiger partial charge in [-0.05, 0) is 48.1 Å². The molecule has 4 rings (SSSR count). The van der Waals surface area contributed by atoms with Gasteiger partial charge >= 0.3 is 0 Å². The number of H-pyrrole nitrogens is 1. The van der Waals surface area contributed by atoms with Gasteiger partial charge in [-0.2, -0.15) is 0 Å². The summed E-state index contributed by atoms with van der Waals surface area (Å²) < 4.78 is 25.9. The first kappa shape index (κ1) is 15.9. The van der Waals surface area contributed by atoms with Crippen molar-refractivity contribution in [2.24, 2.45) is 0 Å². The molecule has 0 unspecified atom stereocenters. The van der Waals surface area contributed by atoms with Crippen molar-refractivity contribution in [3.8, 4) is 0 Å². The maximum absolute atomic E-state index is 13.0. The molecule has 0 spiro atoms. The van der Waals surface area contributed by atoms with E-state index in [1.165, 1.54) is 0 Å². The molecule has 0 saturated carbocycles. The average Bonchev–Trinajstić information content (AvgIpc) is 2.61. The van der Waals surface area contributed by atoms with Crippen LogP contribution in [0.25, 0.3) is 10.8 Å². The summed E-state index contributed by atoms with van der Waals surface area (Å²) in [5.74, 6) is -0.219. The average molecular weight is 354 g/mol. The van der Waals surface area contributed by atoms with Crippen LogP contribution < -0.4 is 10.9 Å². The number of aromatic amines is 1. The van der Waals surface area contributed by atoms with Gasteiger partial charge in [0.1, 0.15) is 0 Å². The van der Waals surface area contributed by atoms with Crippen molar-refractivity contribution in [2.45, 2.75) is 23.5 Å². The number of hydrogen-bond acceptors (Lipinski definition) is 4. The zero-order chi connectivity index (χ0) is 17.4. The molecular formula is C19H18N2O3S. The molecule has 1 aliphatic heterocycles. The Labute approximate surface area is 145 Å². The highest BCUT2D eigenvalue weighted by Crippen LogP contribution is 2.30. The van der Waals surface area contributed by atoms with Crippen LogP contribution in [0.5, 0.6) is 0 Å². The van der Waals surface area contributed by atoms with Gasteiger partial charge in [0, 0.05) is 23.3 Å². The Kier molecular flexibility index (Phi) is 3.84. The zero-order valence-electron chi connectivity index (χ0n) is 13.6. The van der Waals surface area contributed by atoms with Crippen molar-refractivity contribution in [3.05, 3.63) is 70.1 Å². The molecule has 0 amide bonds. The van der Waals surface area contributed by atoms with E-state index >= 15 is 0 Å². The number of nitrogens with one attached hydrogen (secondary N) is 2. The van der Waals surface area contributed by atoms with Crippen LogP contribution in [0.1, 0.15) is 17.7 Å². The highest BCUT2D eigenvalue weighted by Gasteiger charge is 2.23. The Morgan fingerprint density at radius 3 is 2.76 bits per heavy atom. The maximum atomic E-state index is 13.0. The number of pyridine rings is 1. The predicted molar refractivity (Wildman–Crippen MR) is 98.7 cm³/mol. The molecular weight excluding hydrogens is 336 g/mol. The monoisotopic (exact) mass is 354 g/mol. The summed E-state index contributed by atoms with van der Waals surface area (Å²) in [5.41, 5.74) is 1.88. The molecule has 3 aromatic rings. The van der Waals surface area contributed by atoms with E-state index in [4.69, 9.17) is 0 Å². The number of sulfone groups is 1. The molecule has 128 valence electrons. The summed E-state index contributed by atoms with van der Waals surface area (Å²) in [5, 5.41) is 4.55. The molecule has 0 aliphatic carbocycles. The summed E-state index contributed by atoms with van der Waals surface area (Å²) in [6.07, 6.45) is 1.65. The summed E-state index contributed by atoms with van der Waals surface area (Å²) in [6, 6.07) is 14.2. The number of rotatable bonds is 3. The van der Waals surface area contributed by atoms with E-state index in [0.29, 0.717) is 16.0 Å². The molecule has 2 heterocycles. The summed E-state index contributed by atoms with van der Waals surface area (Å²) >= 11 is 0. The van der Waals surface area contributed by atoms with Crippen molar-refractivity contribution in [1.82, 2.24) is 4.98 Å². The maximum Gasteiger partial charge on any atom is 0.256 e. The lowest BCUT2D eigenvalue weighted by Crippen LogP contribution is -2.18. The molecule has 1 aliphatic rings. The molecule has 5 nitrogen and oxygen atoms in total. The molecule has 0 atom stereocenters. The Hall–Kier alpha value is -2.60. The minimum atomic E-state index is -3.55. The number of benzene rings is 2. The molecule has 0 fully saturated rings. The lowest BCUT2D eigenvalue weighted by molar-refractivity contribution is 0.592. The van der Waals surface area contributed by atoms with Crippen molar-refractivity contribution >= 4 is 26.3 Å². The third-order valence-electron chi connectivity index (χ3n) is 4.54. The third-order valence-corrected chi connectivity index (χ3v) is 6.29. The molecule has 0 saturated heterocycles. The topological polar surface area (TPSA) is 79.0 Å². The largest absolute Gasteiger partial charge is 0.385 e. The Balaban J connectivity index is 1.77. The van der Waals surface area contributed by atoms with Crippen LogP contribution in [-0.4, -0.2) is 19.9 Å². The van der Waals surface area contributed by atoms with Crippen LogP contribution in [0.4, 0.5) is 5.69 Å².